The van der Waals surface area contributed by atoms with Crippen LogP contribution in [-0.2, 0) is 11.8 Å². The summed E-state index contributed by atoms with van der Waals surface area (Å²) in [4.78, 5) is 23.4. The van der Waals surface area contributed by atoms with Gasteiger partial charge in [0, 0.05) is 29.8 Å². The minimum atomic E-state index is -0.394. The molecule has 0 saturated carbocycles. The standard InChI is InChI=1S/C13H15ClN6O2S/c1-20-13(17-18-19-20)23-8-2-3-11(21)15-16-12(22)9-4-6-10(14)7-5-9/h4-7H,2-3,8H2,1H3,(H,15,21)(H,16,22). The first-order valence-electron chi connectivity index (χ1n) is 6.76. The third-order valence-corrected chi connectivity index (χ3v) is 4.13. The average molecular weight is 355 g/mol. The number of tetrazole rings is 1. The van der Waals surface area contributed by atoms with Gasteiger partial charge >= 0.3 is 0 Å². The van der Waals surface area contributed by atoms with Crippen LogP contribution in [0.25, 0.3) is 0 Å². The number of hydrogen-bond donors (Lipinski definition) is 2. The first kappa shape index (κ1) is 17.2. The maximum Gasteiger partial charge on any atom is 0.269 e. The van der Waals surface area contributed by atoms with Crippen molar-refractivity contribution in [2.45, 2.75) is 18.0 Å². The van der Waals surface area contributed by atoms with E-state index < -0.39 is 5.91 Å². The number of aromatic nitrogens is 4. The van der Waals surface area contributed by atoms with Gasteiger partial charge in [-0.15, -0.1) is 5.10 Å². The van der Waals surface area contributed by atoms with Gasteiger partial charge in [0.1, 0.15) is 0 Å². The second-order valence-electron chi connectivity index (χ2n) is 4.55. The van der Waals surface area contributed by atoms with Gasteiger partial charge in [-0.2, -0.15) is 0 Å². The van der Waals surface area contributed by atoms with Crippen molar-refractivity contribution in [1.82, 2.24) is 31.1 Å². The summed E-state index contributed by atoms with van der Waals surface area (Å²) in [5, 5.41) is 12.3. The summed E-state index contributed by atoms with van der Waals surface area (Å²) in [6.07, 6.45) is 0.930. The maximum absolute atomic E-state index is 11.8. The number of amides is 2. The topological polar surface area (TPSA) is 102 Å². The van der Waals surface area contributed by atoms with Crippen LogP contribution in [0.5, 0.6) is 0 Å². The van der Waals surface area contributed by atoms with Crippen LogP contribution in [0, 0.1) is 0 Å². The Morgan fingerprint density at radius 2 is 2.00 bits per heavy atom. The highest BCUT2D eigenvalue weighted by molar-refractivity contribution is 7.99. The molecule has 0 saturated heterocycles. The molecule has 10 heteroatoms. The van der Waals surface area contributed by atoms with Crippen molar-refractivity contribution in [3.63, 3.8) is 0 Å². The molecule has 0 atom stereocenters. The molecule has 0 aliphatic heterocycles. The van der Waals surface area contributed by atoms with Crippen molar-refractivity contribution < 1.29 is 9.59 Å². The molecule has 1 heterocycles. The predicted molar refractivity (Wildman–Crippen MR) is 85.8 cm³/mol. The molecule has 0 spiro atoms. The SMILES string of the molecule is Cn1nnnc1SCCCC(=O)NNC(=O)c1ccc(Cl)cc1. The summed E-state index contributed by atoms with van der Waals surface area (Å²) in [5.41, 5.74) is 5.15. The number of nitrogens with one attached hydrogen (secondary N) is 2. The molecule has 0 aliphatic carbocycles. The lowest BCUT2D eigenvalue weighted by Crippen LogP contribution is -2.41. The van der Waals surface area contributed by atoms with E-state index >= 15 is 0 Å². The van der Waals surface area contributed by atoms with E-state index in [0.717, 1.165) is 0 Å². The fraction of sp³-hybridized carbons (Fsp3) is 0.308. The summed E-state index contributed by atoms with van der Waals surface area (Å²) >= 11 is 7.21. The van der Waals surface area contributed by atoms with E-state index in [1.54, 1.807) is 36.0 Å². The molecule has 0 radical (unpaired) electrons. The van der Waals surface area contributed by atoms with Gasteiger partial charge < -0.3 is 0 Å². The molecule has 0 unspecified atom stereocenters. The number of carbonyl (C=O) groups excluding carboxylic acids is 2. The summed E-state index contributed by atoms with van der Waals surface area (Å²) in [6, 6.07) is 6.37. The van der Waals surface area contributed by atoms with Gasteiger partial charge in [-0.05, 0) is 41.1 Å². The Morgan fingerprint density at radius 1 is 1.26 bits per heavy atom. The maximum atomic E-state index is 11.8. The van der Waals surface area contributed by atoms with Gasteiger partial charge in [0.2, 0.25) is 11.1 Å². The Bertz CT molecular complexity index is 675. The highest BCUT2D eigenvalue weighted by atomic mass is 35.5. The van der Waals surface area contributed by atoms with Crippen LogP contribution in [0.3, 0.4) is 0 Å². The van der Waals surface area contributed by atoms with Crippen LogP contribution in [0.4, 0.5) is 0 Å². The van der Waals surface area contributed by atoms with Gasteiger partial charge in [-0.25, -0.2) is 4.68 Å². The van der Waals surface area contributed by atoms with Crippen LogP contribution in [0.15, 0.2) is 29.4 Å². The molecule has 0 aliphatic rings. The van der Waals surface area contributed by atoms with Crippen molar-refractivity contribution in [3.05, 3.63) is 34.9 Å². The number of nitrogens with zero attached hydrogens (tertiary/aromatic N) is 4. The summed E-state index contributed by atoms with van der Waals surface area (Å²) < 4.78 is 1.57. The molecule has 23 heavy (non-hydrogen) atoms. The van der Waals surface area contributed by atoms with E-state index in [1.807, 2.05) is 0 Å². The Balaban J connectivity index is 1.64. The number of benzene rings is 1. The largest absolute Gasteiger partial charge is 0.273 e. The fourth-order valence-corrected chi connectivity index (χ4v) is 2.52. The van der Waals surface area contributed by atoms with Crippen LogP contribution < -0.4 is 10.9 Å². The number of rotatable bonds is 6. The van der Waals surface area contributed by atoms with Crippen molar-refractivity contribution >= 4 is 35.2 Å². The third kappa shape index (κ3) is 5.53. The highest BCUT2D eigenvalue weighted by Crippen LogP contribution is 2.14. The number of hydrazine groups is 1. The van der Waals surface area contributed by atoms with Crippen molar-refractivity contribution in [1.29, 1.82) is 0 Å². The average Bonchev–Trinajstić information content (AvgIpc) is 2.95. The molecular formula is C13H15ClN6O2S. The first-order valence-corrected chi connectivity index (χ1v) is 8.12. The molecule has 0 fully saturated rings. The van der Waals surface area contributed by atoms with Gasteiger partial charge in [0.15, 0.2) is 0 Å². The van der Waals surface area contributed by atoms with E-state index in [9.17, 15) is 9.59 Å². The van der Waals surface area contributed by atoms with Gasteiger partial charge in [-0.1, -0.05) is 23.4 Å². The van der Waals surface area contributed by atoms with E-state index in [1.165, 1.54) is 11.8 Å². The quantitative estimate of drug-likeness (QED) is 0.459. The summed E-state index contributed by atoms with van der Waals surface area (Å²) in [5.74, 6) is 0.0470. The van der Waals surface area contributed by atoms with Crippen molar-refractivity contribution in [3.8, 4) is 0 Å². The fourth-order valence-electron chi connectivity index (χ4n) is 1.60. The Kier molecular flexibility index (Phi) is 6.36. The minimum Gasteiger partial charge on any atom is -0.273 e. The molecule has 8 nitrogen and oxygen atoms in total. The number of carbonyl (C=O) groups is 2. The normalized spacial score (nSPS) is 10.3. The zero-order valence-electron chi connectivity index (χ0n) is 12.3. The lowest BCUT2D eigenvalue weighted by atomic mass is 10.2. The number of aryl methyl sites for hydroxylation is 1. The van der Waals surface area contributed by atoms with Gasteiger partial charge in [0.05, 0.1) is 0 Å². The monoisotopic (exact) mass is 354 g/mol. The molecule has 122 valence electrons. The van der Waals surface area contributed by atoms with Crippen LogP contribution in [0.2, 0.25) is 5.02 Å². The van der Waals surface area contributed by atoms with Gasteiger partial charge in [-0.3, -0.25) is 20.4 Å². The summed E-state index contributed by atoms with van der Waals surface area (Å²) in [7, 11) is 1.75. The van der Waals surface area contributed by atoms with E-state index in [-0.39, 0.29) is 5.91 Å². The predicted octanol–water partition coefficient (Wildman–Crippen LogP) is 1.20. The van der Waals surface area contributed by atoms with E-state index in [2.05, 4.69) is 26.4 Å². The molecule has 1 aromatic carbocycles. The van der Waals surface area contributed by atoms with Crippen LogP contribution in [0.1, 0.15) is 23.2 Å². The number of halogens is 1. The lowest BCUT2D eigenvalue weighted by molar-refractivity contribution is -0.121. The highest BCUT2D eigenvalue weighted by Gasteiger charge is 2.08. The molecule has 1 aromatic heterocycles. The molecule has 2 rings (SSSR count). The molecule has 2 amide bonds. The zero-order chi connectivity index (χ0) is 16.7. The molecule has 0 bridgehead atoms. The van der Waals surface area contributed by atoms with E-state index in [0.29, 0.717) is 34.3 Å². The van der Waals surface area contributed by atoms with Crippen molar-refractivity contribution in [2.75, 3.05) is 5.75 Å². The van der Waals surface area contributed by atoms with Crippen LogP contribution in [-0.4, -0.2) is 37.8 Å². The van der Waals surface area contributed by atoms with E-state index in [4.69, 9.17) is 11.6 Å². The zero-order valence-corrected chi connectivity index (χ0v) is 13.9. The number of hydrogen-bond acceptors (Lipinski definition) is 6. The number of thioether (sulfide) groups is 1. The Morgan fingerprint density at radius 3 is 2.65 bits per heavy atom. The Labute approximate surface area is 141 Å². The van der Waals surface area contributed by atoms with Gasteiger partial charge in [0.25, 0.3) is 5.91 Å². The molecular weight excluding hydrogens is 340 g/mol. The second kappa shape index (κ2) is 8.49. The smallest absolute Gasteiger partial charge is 0.269 e. The Hall–Kier alpha value is -2.13. The minimum absolute atomic E-state index is 0.260. The second-order valence-corrected chi connectivity index (χ2v) is 6.04. The van der Waals surface area contributed by atoms with Crippen molar-refractivity contribution in [2.24, 2.45) is 7.05 Å². The van der Waals surface area contributed by atoms with Crippen LogP contribution >= 0.6 is 23.4 Å². The third-order valence-electron chi connectivity index (χ3n) is 2.78. The lowest BCUT2D eigenvalue weighted by Gasteiger charge is -2.07. The molecule has 2 N–H and O–H groups in total. The summed E-state index contributed by atoms with van der Waals surface area (Å²) in [6.45, 7) is 0. The molecule has 2 aromatic rings. The first-order chi connectivity index (χ1) is 11.1.